The lowest BCUT2D eigenvalue weighted by Crippen LogP contribution is -2.52. The largest absolute Gasteiger partial charge is 0.375 e. The summed E-state index contributed by atoms with van der Waals surface area (Å²) >= 11 is 0. The maximum atomic E-state index is 14.1. The number of urea groups is 1. The fourth-order valence-corrected chi connectivity index (χ4v) is 4.89. The Labute approximate surface area is 214 Å². The standard InChI is InChI=1S/C25H32F2N8O2/c1-16-17(2)37-14-13-34(16)21-15-20(32-9-11-33(12-10-32)25(36)31(3)4)29-24(30-21)35-19-8-6-5-7-18(19)28-23(35)22(26)27/h5-8,15-17,22H,9-14H2,1-4H3. The molecule has 198 valence electrons. The normalized spacial score (nSPS) is 20.7. The molecule has 2 saturated heterocycles. The summed E-state index contributed by atoms with van der Waals surface area (Å²) in [6, 6.07) is 8.91. The van der Waals surface area contributed by atoms with Crippen LogP contribution in [0.15, 0.2) is 30.3 Å². The molecule has 2 aliphatic rings. The van der Waals surface area contributed by atoms with Gasteiger partial charge in [-0.2, -0.15) is 9.97 Å². The lowest BCUT2D eigenvalue weighted by Gasteiger charge is -2.40. The number of nitrogens with zero attached hydrogens (tertiary/aromatic N) is 8. The smallest absolute Gasteiger partial charge is 0.319 e. The Morgan fingerprint density at radius 1 is 1.03 bits per heavy atom. The zero-order chi connectivity index (χ0) is 26.3. The first kappa shape index (κ1) is 25.1. The van der Waals surface area contributed by atoms with Gasteiger partial charge in [-0.3, -0.25) is 4.57 Å². The zero-order valence-electron chi connectivity index (χ0n) is 21.5. The molecule has 2 atom stereocenters. The molecule has 2 unspecified atom stereocenters. The van der Waals surface area contributed by atoms with E-state index in [1.165, 1.54) is 4.57 Å². The third kappa shape index (κ3) is 4.77. The van der Waals surface area contributed by atoms with Gasteiger partial charge in [0.25, 0.3) is 6.43 Å². The Morgan fingerprint density at radius 2 is 1.73 bits per heavy atom. The van der Waals surface area contributed by atoms with E-state index < -0.39 is 12.2 Å². The first-order valence-corrected chi connectivity index (χ1v) is 12.5. The predicted molar refractivity (Wildman–Crippen MR) is 137 cm³/mol. The van der Waals surface area contributed by atoms with Gasteiger partial charge in [-0.1, -0.05) is 12.1 Å². The molecule has 2 amide bonds. The van der Waals surface area contributed by atoms with Crippen LogP contribution >= 0.6 is 0 Å². The second-order valence-corrected chi connectivity index (χ2v) is 9.64. The van der Waals surface area contributed by atoms with Crippen LogP contribution in [0.2, 0.25) is 0 Å². The molecule has 1 aromatic carbocycles. The topological polar surface area (TPSA) is 82.9 Å². The molecule has 37 heavy (non-hydrogen) atoms. The van der Waals surface area contributed by atoms with Crippen molar-refractivity contribution in [2.45, 2.75) is 32.4 Å². The van der Waals surface area contributed by atoms with E-state index in [2.05, 4.69) is 21.7 Å². The summed E-state index contributed by atoms with van der Waals surface area (Å²) in [5.41, 5.74) is 0.975. The van der Waals surface area contributed by atoms with Gasteiger partial charge in [-0.25, -0.2) is 18.6 Å². The molecule has 0 saturated carbocycles. The van der Waals surface area contributed by atoms with Crippen LogP contribution in [0, 0.1) is 0 Å². The van der Waals surface area contributed by atoms with E-state index in [1.807, 2.05) is 13.0 Å². The van der Waals surface area contributed by atoms with Gasteiger partial charge in [0.15, 0.2) is 5.82 Å². The van der Waals surface area contributed by atoms with Crippen molar-refractivity contribution in [3.8, 4) is 5.95 Å². The SMILES string of the molecule is CC1OCCN(c2cc(N3CCN(C(=O)N(C)C)CC3)nc(-n3c(C(F)F)nc4ccccc43)n2)C1C. The van der Waals surface area contributed by atoms with Crippen LogP contribution in [0.5, 0.6) is 0 Å². The fraction of sp³-hybridized carbons (Fsp3) is 0.520. The second-order valence-electron chi connectivity index (χ2n) is 9.64. The Kier molecular flexibility index (Phi) is 6.84. The molecule has 0 aliphatic carbocycles. The summed E-state index contributed by atoms with van der Waals surface area (Å²) in [7, 11) is 3.47. The minimum atomic E-state index is -2.80. The molecular weight excluding hydrogens is 482 g/mol. The number of para-hydroxylation sites is 2. The maximum absolute atomic E-state index is 14.1. The van der Waals surface area contributed by atoms with Crippen LogP contribution in [0.25, 0.3) is 17.0 Å². The van der Waals surface area contributed by atoms with Crippen LogP contribution < -0.4 is 9.80 Å². The number of benzene rings is 1. The summed E-state index contributed by atoms with van der Waals surface area (Å²) in [6.07, 6.45) is -2.81. The number of rotatable bonds is 4. The van der Waals surface area contributed by atoms with E-state index in [-0.39, 0.29) is 24.1 Å². The number of fused-ring (bicyclic) bond motifs is 1. The zero-order valence-corrected chi connectivity index (χ0v) is 21.5. The number of anilines is 2. The third-order valence-corrected chi connectivity index (χ3v) is 7.10. The number of halogens is 2. The average molecular weight is 515 g/mol. The van der Waals surface area contributed by atoms with Crippen LogP contribution in [0.3, 0.4) is 0 Å². The summed E-state index contributed by atoms with van der Waals surface area (Å²) in [5, 5.41) is 0. The Hall–Kier alpha value is -3.54. The van der Waals surface area contributed by atoms with E-state index >= 15 is 0 Å². The van der Waals surface area contributed by atoms with Crippen molar-refractivity contribution in [1.29, 1.82) is 0 Å². The first-order chi connectivity index (χ1) is 17.7. The van der Waals surface area contributed by atoms with E-state index in [1.54, 1.807) is 48.2 Å². The number of hydrogen-bond donors (Lipinski definition) is 0. The molecule has 2 aromatic heterocycles. The second kappa shape index (κ2) is 10.1. The van der Waals surface area contributed by atoms with Crippen LogP contribution in [0.1, 0.15) is 26.1 Å². The number of imidazole rings is 1. The molecule has 0 radical (unpaired) electrons. The van der Waals surface area contributed by atoms with Gasteiger partial charge in [0.2, 0.25) is 5.95 Å². The van der Waals surface area contributed by atoms with E-state index in [4.69, 9.17) is 14.7 Å². The summed E-state index contributed by atoms with van der Waals surface area (Å²) < 4.78 is 35.4. The van der Waals surface area contributed by atoms with Crippen molar-refractivity contribution >= 4 is 28.7 Å². The number of ether oxygens (including phenoxy) is 1. The van der Waals surface area contributed by atoms with Gasteiger partial charge in [0, 0.05) is 52.9 Å². The molecule has 0 bridgehead atoms. The molecule has 2 fully saturated rings. The van der Waals surface area contributed by atoms with Crippen LogP contribution in [-0.4, -0.2) is 101 Å². The first-order valence-electron chi connectivity index (χ1n) is 12.5. The van der Waals surface area contributed by atoms with Gasteiger partial charge in [0.1, 0.15) is 11.6 Å². The Bertz CT molecular complexity index is 1270. The van der Waals surface area contributed by atoms with Gasteiger partial charge in [0.05, 0.1) is 29.8 Å². The molecule has 10 nitrogen and oxygen atoms in total. The van der Waals surface area contributed by atoms with Gasteiger partial charge < -0.3 is 24.3 Å². The highest BCUT2D eigenvalue weighted by atomic mass is 19.3. The van der Waals surface area contributed by atoms with Gasteiger partial charge >= 0.3 is 6.03 Å². The highest BCUT2D eigenvalue weighted by Crippen LogP contribution is 2.31. The van der Waals surface area contributed by atoms with E-state index in [0.29, 0.717) is 62.0 Å². The number of aromatic nitrogens is 4. The molecule has 0 spiro atoms. The fourth-order valence-electron chi connectivity index (χ4n) is 4.89. The lowest BCUT2D eigenvalue weighted by atomic mass is 10.1. The lowest BCUT2D eigenvalue weighted by molar-refractivity contribution is 0.0281. The summed E-state index contributed by atoms with van der Waals surface area (Å²) in [6.45, 7) is 7.45. The Morgan fingerprint density at radius 3 is 2.43 bits per heavy atom. The minimum absolute atomic E-state index is 0.0121. The van der Waals surface area contributed by atoms with Crippen molar-refractivity contribution in [1.82, 2.24) is 29.3 Å². The summed E-state index contributed by atoms with van der Waals surface area (Å²) in [5.74, 6) is 1.03. The van der Waals surface area contributed by atoms with Crippen LogP contribution in [-0.2, 0) is 4.74 Å². The monoisotopic (exact) mass is 514 g/mol. The van der Waals surface area contributed by atoms with Crippen molar-refractivity contribution in [2.75, 3.05) is 63.2 Å². The number of alkyl halides is 2. The number of carbonyl (C=O) groups is 1. The quantitative estimate of drug-likeness (QED) is 0.529. The number of piperazine rings is 1. The molecule has 2 aliphatic heterocycles. The number of morpholine rings is 1. The van der Waals surface area contributed by atoms with Crippen molar-refractivity contribution in [2.24, 2.45) is 0 Å². The van der Waals surface area contributed by atoms with Crippen molar-refractivity contribution < 1.29 is 18.3 Å². The average Bonchev–Trinajstić information content (AvgIpc) is 3.30. The van der Waals surface area contributed by atoms with Crippen molar-refractivity contribution in [3.63, 3.8) is 0 Å². The van der Waals surface area contributed by atoms with Gasteiger partial charge in [-0.05, 0) is 26.0 Å². The van der Waals surface area contributed by atoms with Crippen molar-refractivity contribution in [3.05, 3.63) is 36.2 Å². The van der Waals surface area contributed by atoms with E-state index in [0.717, 1.165) is 0 Å². The molecular formula is C25H32F2N8O2. The van der Waals surface area contributed by atoms with Gasteiger partial charge in [-0.15, -0.1) is 0 Å². The molecule has 4 heterocycles. The molecule has 5 rings (SSSR count). The molecule has 12 heteroatoms. The predicted octanol–water partition coefficient (Wildman–Crippen LogP) is 3.17. The molecule has 3 aromatic rings. The summed E-state index contributed by atoms with van der Waals surface area (Å²) in [4.78, 5) is 33.7. The third-order valence-electron chi connectivity index (χ3n) is 7.10. The Balaban J connectivity index is 1.59. The molecule has 0 N–H and O–H groups in total. The van der Waals surface area contributed by atoms with E-state index in [9.17, 15) is 13.6 Å². The highest BCUT2D eigenvalue weighted by molar-refractivity contribution is 5.78. The highest BCUT2D eigenvalue weighted by Gasteiger charge is 2.30. The number of hydrogen-bond acceptors (Lipinski definition) is 7. The minimum Gasteiger partial charge on any atom is -0.375 e. The maximum Gasteiger partial charge on any atom is 0.319 e. The number of carbonyl (C=O) groups excluding carboxylic acids is 1. The van der Waals surface area contributed by atoms with Crippen LogP contribution in [0.4, 0.5) is 25.2 Å². The number of amides is 2.